The van der Waals surface area contributed by atoms with Crippen LogP contribution < -0.4 is 0 Å². The summed E-state index contributed by atoms with van der Waals surface area (Å²) in [6.07, 6.45) is 21.8. The quantitative estimate of drug-likeness (QED) is 0.115. The predicted octanol–water partition coefficient (Wildman–Crippen LogP) is 8.39. The second-order valence-corrected chi connectivity index (χ2v) is 9.07. The highest BCUT2D eigenvalue weighted by molar-refractivity contribution is 5.87. The molecule has 0 saturated heterocycles. The van der Waals surface area contributed by atoms with Gasteiger partial charge in [0.05, 0.1) is 11.8 Å². The van der Waals surface area contributed by atoms with Crippen LogP contribution in [-0.2, 0) is 14.3 Å². The fraction of sp³-hybridized carbons (Fsp3) is 0.923. The monoisotopic (exact) mass is 410 g/mol. The Balaban J connectivity index is 3.70. The van der Waals surface area contributed by atoms with Crippen molar-refractivity contribution < 1.29 is 14.3 Å². The van der Waals surface area contributed by atoms with E-state index in [0.29, 0.717) is 0 Å². The summed E-state index contributed by atoms with van der Waals surface area (Å²) in [5.74, 6) is -1.01. The van der Waals surface area contributed by atoms with Crippen LogP contribution in [0.2, 0.25) is 0 Å². The Hall–Kier alpha value is -0.860. The van der Waals surface area contributed by atoms with Gasteiger partial charge in [-0.05, 0) is 12.8 Å². The second-order valence-electron chi connectivity index (χ2n) is 9.07. The summed E-state index contributed by atoms with van der Waals surface area (Å²) in [5, 5.41) is 0. The van der Waals surface area contributed by atoms with Gasteiger partial charge in [0.15, 0.2) is 0 Å². The Morgan fingerprint density at radius 2 is 0.793 bits per heavy atom. The maximum Gasteiger partial charge on any atom is 0.316 e. The number of carbonyl (C=O) groups is 2. The summed E-state index contributed by atoms with van der Waals surface area (Å²) in [5.41, 5.74) is 0. The van der Waals surface area contributed by atoms with E-state index in [1.165, 1.54) is 89.9 Å². The minimum atomic E-state index is -0.333. The van der Waals surface area contributed by atoms with Gasteiger partial charge in [0, 0.05) is 0 Å². The molecule has 0 fully saturated rings. The molecule has 0 aliphatic rings. The highest BCUT2D eigenvalue weighted by Crippen LogP contribution is 2.17. The molecule has 172 valence electrons. The summed E-state index contributed by atoms with van der Waals surface area (Å²) in [6.45, 7) is 8.25. The summed E-state index contributed by atoms with van der Waals surface area (Å²) in [4.78, 5) is 24.3. The zero-order chi connectivity index (χ0) is 21.7. The van der Waals surface area contributed by atoms with Gasteiger partial charge in [-0.1, -0.05) is 130 Å². The third-order valence-electron chi connectivity index (χ3n) is 5.99. The van der Waals surface area contributed by atoms with Crippen molar-refractivity contribution in [2.24, 2.45) is 11.8 Å². The minimum Gasteiger partial charge on any atom is -0.393 e. The van der Waals surface area contributed by atoms with Crippen molar-refractivity contribution in [1.82, 2.24) is 0 Å². The molecule has 0 rings (SSSR count). The molecule has 3 heteroatoms. The molecule has 0 bridgehead atoms. The molecule has 0 amide bonds. The van der Waals surface area contributed by atoms with Crippen LogP contribution in [0.3, 0.4) is 0 Å². The van der Waals surface area contributed by atoms with Crippen LogP contribution in [0.5, 0.6) is 0 Å². The van der Waals surface area contributed by atoms with E-state index < -0.39 is 0 Å². The van der Waals surface area contributed by atoms with Crippen molar-refractivity contribution >= 4 is 11.9 Å². The van der Waals surface area contributed by atoms with Crippen molar-refractivity contribution in [3.63, 3.8) is 0 Å². The van der Waals surface area contributed by atoms with E-state index in [1.807, 2.05) is 13.8 Å². The number of carbonyl (C=O) groups excluding carboxylic acids is 2. The second kappa shape index (κ2) is 20.4. The zero-order valence-corrected chi connectivity index (χ0v) is 20.1. The van der Waals surface area contributed by atoms with Gasteiger partial charge in [-0.15, -0.1) is 0 Å². The van der Waals surface area contributed by atoms with Crippen LogP contribution in [0.25, 0.3) is 0 Å². The van der Waals surface area contributed by atoms with Crippen LogP contribution >= 0.6 is 0 Å². The standard InChI is InChI=1S/C26H50O3/c1-5-7-9-11-13-15-17-19-21-23(3)25(27)29-26(28)24(4)22-20-18-16-14-12-10-8-6-2/h23-24H,5-22H2,1-4H3. The molecule has 0 heterocycles. The van der Waals surface area contributed by atoms with E-state index in [-0.39, 0.29) is 23.8 Å². The van der Waals surface area contributed by atoms with E-state index in [0.717, 1.165) is 25.7 Å². The molecule has 29 heavy (non-hydrogen) atoms. The van der Waals surface area contributed by atoms with Gasteiger partial charge in [-0.25, -0.2) is 0 Å². The van der Waals surface area contributed by atoms with Crippen molar-refractivity contribution in [3.8, 4) is 0 Å². The lowest BCUT2D eigenvalue weighted by molar-refractivity contribution is -0.165. The van der Waals surface area contributed by atoms with Crippen molar-refractivity contribution in [2.75, 3.05) is 0 Å². The highest BCUT2D eigenvalue weighted by Gasteiger charge is 2.21. The number of hydrogen-bond acceptors (Lipinski definition) is 3. The lowest BCUT2D eigenvalue weighted by Gasteiger charge is -2.13. The molecule has 0 N–H and O–H groups in total. The zero-order valence-electron chi connectivity index (χ0n) is 20.1. The van der Waals surface area contributed by atoms with Crippen LogP contribution in [-0.4, -0.2) is 11.9 Å². The van der Waals surface area contributed by atoms with Crippen molar-refractivity contribution in [1.29, 1.82) is 0 Å². The van der Waals surface area contributed by atoms with E-state index in [4.69, 9.17) is 4.74 Å². The highest BCUT2D eigenvalue weighted by atomic mass is 16.6. The number of esters is 2. The van der Waals surface area contributed by atoms with Gasteiger partial charge in [-0.3, -0.25) is 9.59 Å². The van der Waals surface area contributed by atoms with Gasteiger partial charge < -0.3 is 4.74 Å². The Kier molecular flexibility index (Phi) is 19.8. The third-order valence-corrected chi connectivity index (χ3v) is 5.99. The van der Waals surface area contributed by atoms with Crippen LogP contribution in [0.1, 0.15) is 143 Å². The molecule has 3 nitrogen and oxygen atoms in total. The minimum absolute atomic E-state index is 0.172. The summed E-state index contributed by atoms with van der Waals surface area (Å²) in [6, 6.07) is 0. The van der Waals surface area contributed by atoms with E-state index in [1.54, 1.807) is 0 Å². The van der Waals surface area contributed by atoms with Gasteiger partial charge in [0.25, 0.3) is 0 Å². The van der Waals surface area contributed by atoms with Crippen molar-refractivity contribution in [2.45, 2.75) is 143 Å². The fourth-order valence-electron chi connectivity index (χ4n) is 3.70. The Morgan fingerprint density at radius 1 is 0.517 bits per heavy atom. The molecular formula is C26H50O3. The summed E-state index contributed by atoms with van der Waals surface area (Å²) in [7, 11) is 0. The smallest absolute Gasteiger partial charge is 0.316 e. The Bertz CT molecular complexity index is 355. The average Bonchev–Trinajstić information content (AvgIpc) is 2.71. The van der Waals surface area contributed by atoms with Gasteiger partial charge >= 0.3 is 11.9 Å². The van der Waals surface area contributed by atoms with Crippen LogP contribution in [0, 0.1) is 11.8 Å². The van der Waals surface area contributed by atoms with Crippen molar-refractivity contribution in [3.05, 3.63) is 0 Å². The van der Waals surface area contributed by atoms with E-state index in [2.05, 4.69) is 13.8 Å². The number of unbranched alkanes of at least 4 members (excludes halogenated alkanes) is 14. The first-order valence-electron chi connectivity index (χ1n) is 12.8. The van der Waals surface area contributed by atoms with Crippen LogP contribution in [0.4, 0.5) is 0 Å². The van der Waals surface area contributed by atoms with E-state index >= 15 is 0 Å². The molecule has 0 aromatic carbocycles. The first-order chi connectivity index (χ1) is 14.0. The average molecular weight is 411 g/mol. The molecule has 0 radical (unpaired) electrons. The maximum atomic E-state index is 12.2. The lowest BCUT2D eigenvalue weighted by atomic mass is 10.0. The van der Waals surface area contributed by atoms with Crippen LogP contribution in [0.15, 0.2) is 0 Å². The van der Waals surface area contributed by atoms with Gasteiger partial charge in [-0.2, -0.15) is 0 Å². The summed E-state index contributed by atoms with van der Waals surface area (Å²) < 4.78 is 5.14. The van der Waals surface area contributed by atoms with Gasteiger partial charge in [0.2, 0.25) is 0 Å². The normalized spacial score (nSPS) is 13.2. The first kappa shape index (κ1) is 28.1. The molecule has 0 aromatic rings. The molecular weight excluding hydrogens is 360 g/mol. The third kappa shape index (κ3) is 17.7. The number of ether oxygens (including phenoxy) is 1. The maximum absolute atomic E-state index is 12.2. The fourth-order valence-corrected chi connectivity index (χ4v) is 3.70. The largest absolute Gasteiger partial charge is 0.393 e. The molecule has 0 aliphatic heterocycles. The number of hydrogen-bond donors (Lipinski definition) is 0. The Labute approximate surface area is 181 Å². The molecule has 0 aliphatic carbocycles. The summed E-state index contributed by atoms with van der Waals surface area (Å²) >= 11 is 0. The predicted molar refractivity (Wildman–Crippen MR) is 124 cm³/mol. The molecule has 0 aromatic heterocycles. The van der Waals surface area contributed by atoms with Gasteiger partial charge in [0.1, 0.15) is 0 Å². The number of rotatable bonds is 20. The lowest BCUT2D eigenvalue weighted by Crippen LogP contribution is -2.23. The Morgan fingerprint density at radius 3 is 1.10 bits per heavy atom. The molecule has 0 saturated carbocycles. The van der Waals surface area contributed by atoms with E-state index in [9.17, 15) is 9.59 Å². The SMILES string of the molecule is CCCCCCCCCCC(C)C(=O)OC(=O)C(C)CCCCCCCCCC. The topological polar surface area (TPSA) is 43.4 Å². The molecule has 0 spiro atoms. The molecule has 2 unspecified atom stereocenters. The first-order valence-corrected chi connectivity index (χ1v) is 12.8. The molecule has 2 atom stereocenters.